The van der Waals surface area contributed by atoms with Gasteiger partial charge in [-0.1, -0.05) is 20.8 Å². The van der Waals surface area contributed by atoms with Crippen LogP contribution >= 0.6 is 0 Å². The number of primary amides is 1. The predicted octanol–water partition coefficient (Wildman–Crippen LogP) is 1.13. The van der Waals surface area contributed by atoms with Gasteiger partial charge in [0.05, 0.1) is 5.60 Å². The van der Waals surface area contributed by atoms with Crippen molar-refractivity contribution in [1.29, 1.82) is 0 Å². The van der Waals surface area contributed by atoms with Crippen molar-refractivity contribution in [1.82, 2.24) is 5.32 Å². The largest absolute Gasteiger partial charge is 0.364 e. The van der Waals surface area contributed by atoms with E-state index in [2.05, 4.69) is 20.8 Å². The van der Waals surface area contributed by atoms with Gasteiger partial charge in [-0.05, 0) is 37.0 Å². The number of hydrogen-bond donors (Lipinski definition) is 3. The van der Waals surface area contributed by atoms with Gasteiger partial charge in [-0.3, -0.25) is 10.1 Å². The Morgan fingerprint density at radius 1 is 1.30 bits per heavy atom. The Hall–Kier alpha value is -1.14. The van der Waals surface area contributed by atoms with Crippen molar-refractivity contribution >= 4 is 11.9 Å². The highest BCUT2D eigenvalue weighted by molar-refractivity contribution is 5.94. The van der Waals surface area contributed by atoms with Crippen LogP contribution in [0.3, 0.4) is 0 Å². The first-order chi connectivity index (χ1) is 9.18. The van der Waals surface area contributed by atoms with E-state index in [4.69, 9.17) is 16.2 Å². The average Bonchev–Trinajstić information content (AvgIpc) is 2.35. The number of hydrogen-bond acceptors (Lipinski definition) is 4. The summed E-state index contributed by atoms with van der Waals surface area (Å²) in [7, 11) is 0. The van der Waals surface area contributed by atoms with Gasteiger partial charge in [-0.15, -0.1) is 0 Å². The number of carbonyl (C=O) groups is 2. The zero-order chi connectivity index (χ0) is 15.4. The lowest BCUT2D eigenvalue weighted by atomic mass is 9.68. The predicted molar refractivity (Wildman–Crippen MR) is 76.9 cm³/mol. The molecule has 20 heavy (non-hydrogen) atoms. The van der Waals surface area contributed by atoms with Gasteiger partial charge in [0.25, 0.3) is 5.91 Å². The summed E-state index contributed by atoms with van der Waals surface area (Å²) in [6.07, 6.45) is 3.76. The monoisotopic (exact) mass is 285 g/mol. The van der Waals surface area contributed by atoms with Gasteiger partial charge < -0.3 is 16.2 Å². The first kappa shape index (κ1) is 16.9. The van der Waals surface area contributed by atoms with Crippen LogP contribution in [0.1, 0.15) is 46.5 Å². The molecule has 0 aromatic rings. The maximum Gasteiger partial charge on any atom is 0.318 e. The number of imide groups is 1. The number of carbonyl (C=O) groups excluding carboxylic acids is 2. The lowest BCUT2D eigenvalue weighted by Crippen LogP contribution is -2.48. The average molecular weight is 285 g/mol. The Bertz CT molecular complexity index is 355. The van der Waals surface area contributed by atoms with Crippen LogP contribution in [0.5, 0.6) is 0 Å². The molecule has 6 heteroatoms. The van der Waals surface area contributed by atoms with Crippen molar-refractivity contribution in [2.45, 2.75) is 52.1 Å². The summed E-state index contributed by atoms with van der Waals surface area (Å²) in [5.74, 6) is 0.119. The van der Waals surface area contributed by atoms with Crippen molar-refractivity contribution in [2.24, 2.45) is 22.8 Å². The van der Waals surface area contributed by atoms with Crippen LogP contribution in [-0.2, 0) is 9.53 Å². The molecule has 1 aliphatic carbocycles. The molecule has 1 aliphatic rings. The maximum atomic E-state index is 11.4. The Morgan fingerprint density at radius 3 is 2.25 bits per heavy atom. The van der Waals surface area contributed by atoms with Crippen LogP contribution in [-0.4, -0.2) is 30.7 Å². The van der Waals surface area contributed by atoms with Crippen LogP contribution in [0.25, 0.3) is 0 Å². The van der Waals surface area contributed by atoms with E-state index in [0.717, 1.165) is 25.7 Å². The molecule has 5 N–H and O–H groups in total. The summed E-state index contributed by atoms with van der Waals surface area (Å²) < 4.78 is 5.70. The minimum absolute atomic E-state index is 0.180. The van der Waals surface area contributed by atoms with Gasteiger partial charge in [0.2, 0.25) is 0 Å². The highest BCUT2D eigenvalue weighted by Gasteiger charge is 2.39. The topological polar surface area (TPSA) is 107 Å². The van der Waals surface area contributed by atoms with E-state index in [1.165, 1.54) is 0 Å². The quantitative estimate of drug-likeness (QED) is 0.719. The fraction of sp³-hybridized carbons (Fsp3) is 0.857. The molecule has 0 radical (unpaired) electrons. The molecule has 6 nitrogen and oxygen atoms in total. The SMILES string of the molecule is CC(C)(C)C1CCC(CN)(OCC(=O)NC(N)=O)CC1. The van der Waals surface area contributed by atoms with Crippen molar-refractivity contribution in [2.75, 3.05) is 13.2 Å². The number of amides is 3. The van der Waals surface area contributed by atoms with Crippen LogP contribution in [0, 0.1) is 11.3 Å². The minimum atomic E-state index is -0.864. The molecule has 1 saturated carbocycles. The van der Waals surface area contributed by atoms with E-state index >= 15 is 0 Å². The zero-order valence-corrected chi connectivity index (χ0v) is 12.7. The fourth-order valence-corrected chi connectivity index (χ4v) is 2.81. The van der Waals surface area contributed by atoms with Gasteiger partial charge in [-0.2, -0.15) is 0 Å². The Balaban J connectivity index is 2.50. The molecule has 0 heterocycles. The van der Waals surface area contributed by atoms with Crippen LogP contribution in [0.15, 0.2) is 0 Å². The summed E-state index contributed by atoms with van der Waals surface area (Å²) in [5.41, 5.74) is 10.5. The van der Waals surface area contributed by atoms with Gasteiger partial charge in [0.15, 0.2) is 0 Å². The Labute approximate surface area is 120 Å². The molecule has 0 atom stereocenters. The fourth-order valence-electron chi connectivity index (χ4n) is 2.81. The normalized spacial score (nSPS) is 27.1. The molecule has 1 fully saturated rings. The molecular formula is C14H27N3O3. The second-order valence-electron chi connectivity index (χ2n) is 6.73. The summed E-state index contributed by atoms with van der Waals surface area (Å²) in [6.45, 7) is 6.94. The van der Waals surface area contributed by atoms with Crippen molar-refractivity contribution in [3.8, 4) is 0 Å². The molecule has 0 aliphatic heterocycles. The zero-order valence-electron chi connectivity index (χ0n) is 12.7. The molecule has 0 unspecified atom stereocenters. The van der Waals surface area contributed by atoms with Crippen molar-refractivity contribution < 1.29 is 14.3 Å². The summed E-state index contributed by atoms with van der Waals surface area (Å²) in [6, 6.07) is -0.864. The summed E-state index contributed by atoms with van der Waals surface area (Å²) in [5, 5.41) is 1.99. The van der Waals surface area contributed by atoms with Crippen LogP contribution < -0.4 is 16.8 Å². The molecule has 0 aromatic heterocycles. The maximum absolute atomic E-state index is 11.4. The molecule has 1 rings (SSSR count). The first-order valence-corrected chi connectivity index (χ1v) is 7.12. The van der Waals surface area contributed by atoms with Crippen molar-refractivity contribution in [3.05, 3.63) is 0 Å². The summed E-state index contributed by atoms with van der Waals surface area (Å²) in [4.78, 5) is 22.0. The van der Waals surface area contributed by atoms with Gasteiger partial charge in [0.1, 0.15) is 6.61 Å². The van der Waals surface area contributed by atoms with E-state index in [1.807, 2.05) is 5.32 Å². The Kier molecular flexibility index (Phi) is 5.53. The van der Waals surface area contributed by atoms with Crippen LogP contribution in [0.4, 0.5) is 4.79 Å². The highest BCUT2D eigenvalue weighted by atomic mass is 16.5. The van der Waals surface area contributed by atoms with E-state index in [-0.39, 0.29) is 12.0 Å². The van der Waals surface area contributed by atoms with E-state index in [0.29, 0.717) is 12.5 Å². The number of ether oxygens (including phenoxy) is 1. The number of nitrogens with one attached hydrogen (secondary N) is 1. The molecule has 0 spiro atoms. The van der Waals surface area contributed by atoms with Gasteiger partial charge in [0, 0.05) is 6.54 Å². The summed E-state index contributed by atoms with van der Waals surface area (Å²) >= 11 is 0. The number of rotatable bonds is 4. The highest BCUT2D eigenvalue weighted by Crippen LogP contribution is 2.42. The van der Waals surface area contributed by atoms with E-state index in [1.54, 1.807) is 0 Å². The van der Waals surface area contributed by atoms with E-state index < -0.39 is 17.5 Å². The number of urea groups is 1. The third-order valence-corrected chi connectivity index (χ3v) is 4.27. The molecule has 0 saturated heterocycles. The second kappa shape index (κ2) is 6.54. The first-order valence-electron chi connectivity index (χ1n) is 7.12. The third kappa shape index (κ3) is 4.76. The minimum Gasteiger partial charge on any atom is -0.364 e. The standard InChI is InChI=1S/C14H27N3O3/c1-13(2,3)10-4-6-14(9-15,7-5-10)20-8-11(18)17-12(16)19/h10H,4-9,15H2,1-3H3,(H3,16,17,18,19). The molecular weight excluding hydrogens is 258 g/mol. The van der Waals surface area contributed by atoms with Crippen molar-refractivity contribution in [3.63, 3.8) is 0 Å². The van der Waals surface area contributed by atoms with Gasteiger partial charge in [-0.25, -0.2) is 4.79 Å². The van der Waals surface area contributed by atoms with Crippen LogP contribution in [0.2, 0.25) is 0 Å². The second-order valence-corrected chi connectivity index (χ2v) is 6.73. The lowest BCUT2D eigenvalue weighted by molar-refractivity contribution is -0.136. The third-order valence-electron chi connectivity index (χ3n) is 4.27. The molecule has 0 bridgehead atoms. The van der Waals surface area contributed by atoms with Gasteiger partial charge >= 0.3 is 6.03 Å². The molecule has 0 aromatic carbocycles. The smallest absolute Gasteiger partial charge is 0.318 e. The van der Waals surface area contributed by atoms with E-state index in [9.17, 15) is 9.59 Å². The molecule has 3 amide bonds. The number of nitrogens with two attached hydrogens (primary N) is 2. The lowest BCUT2D eigenvalue weighted by Gasteiger charge is -2.43. The Morgan fingerprint density at radius 2 is 1.85 bits per heavy atom. The molecule has 116 valence electrons.